The zero-order chi connectivity index (χ0) is 14.8. The number of hydrogen-bond acceptors (Lipinski definition) is 4. The Labute approximate surface area is 116 Å². The Bertz CT molecular complexity index is 416. The molecule has 0 radical (unpaired) electrons. The van der Waals surface area contributed by atoms with Crippen molar-refractivity contribution in [2.75, 3.05) is 26.8 Å². The van der Waals surface area contributed by atoms with Crippen molar-refractivity contribution in [3.8, 4) is 5.75 Å². The molecule has 0 saturated heterocycles. The van der Waals surface area contributed by atoms with Crippen LogP contribution in [0.15, 0.2) is 24.3 Å². The number of hydrogen-bond donors (Lipinski definition) is 2. The Hall–Kier alpha value is -1.73. The molecule has 112 valence electrons. The van der Waals surface area contributed by atoms with Gasteiger partial charge in [0.1, 0.15) is 5.75 Å². The van der Waals surface area contributed by atoms with Crippen LogP contribution >= 0.6 is 0 Å². The van der Waals surface area contributed by atoms with E-state index in [0.29, 0.717) is 18.7 Å². The highest BCUT2D eigenvalue weighted by Gasteiger charge is 2.09. The molecular weight excluding hydrogens is 270 g/mol. The molecule has 1 rings (SSSR count). The topological polar surface area (TPSA) is 59.6 Å². The third-order valence-electron chi connectivity index (χ3n) is 2.42. The Kier molecular flexibility index (Phi) is 7.52. The van der Waals surface area contributed by atoms with Gasteiger partial charge in [0.2, 0.25) is 5.91 Å². The van der Waals surface area contributed by atoms with Crippen LogP contribution < -0.4 is 15.4 Å². The van der Waals surface area contributed by atoms with Gasteiger partial charge in [-0.05, 0) is 6.07 Å². The monoisotopic (exact) mass is 288 g/mol. The zero-order valence-corrected chi connectivity index (χ0v) is 11.2. The molecule has 0 heterocycles. The minimum Gasteiger partial charge on any atom is -0.434 e. The molecule has 5 nitrogen and oxygen atoms in total. The van der Waals surface area contributed by atoms with E-state index >= 15 is 0 Å². The average Bonchev–Trinajstić information content (AvgIpc) is 2.40. The van der Waals surface area contributed by atoms with Gasteiger partial charge in [0.05, 0.1) is 13.2 Å². The zero-order valence-electron chi connectivity index (χ0n) is 11.2. The van der Waals surface area contributed by atoms with Crippen LogP contribution in [0.4, 0.5) is 8.78 Å². The van der Waals surface area contributed by atoms with Crippen molar-refractivity contribution >= 4 is 5.91 Å². The second-order valence-electron chi connectivity index (χ2n) is 3.93. The van der Waals surface area contributed by atoms with Gasteiger partial charge in [0.25, 0.3) is 0 Å². The highest BCUT2D eigenvalue weighted by Crippen LogP contribution is 2.19. The molecule has 0 aromatic heterocycles. The Balaban J connectivity index is 2.36. The molecule has 0 atom stereocenters. The highest BCUT2D eigenvalue weighted by atomic mass is 19.3. The molecule has 20 heavy (non-hydrogen) atoms. The second kappa shape index (κ2) is 9.22. The van der Waals surface area contributed by atoms with Crippen molar-refractivity contribution < 1.29 is 23.0 Å². The number of benzene rings is 1. The van der Waals surface area contributed by atoms with Gasteiger partial charge in [-0.3, -0.25) is 4.79 Å². The number of ether oxygens (including phenoxy) is 2. The van der Waals surface area contributed by atoms with E-state index in [2.05, 4.69) is 15.4 Å². The number of rotatable bonds is 9. The molecule has 0 fully saturated rings. The number of amides is 1. The lowest BCUT2D eigenvalue weighted by molar-refractivity contribution is -0.120. The summed E-state index contributed by atoms with van der Waals surface area (Å²) in [4.78, 5) is 11.4. The molecule has 7 heteroatoms. The van der Waals surface area contributed by atoms with Crippen molar-refractivity contribution in [3.63, 3.8) is 0 Å². The summed E-state index contributed by atoms with van der Waals surface area (Å²) in [5, 5.41) is 5.50. The summed E-state index contributed by atoms with van der Waals surface area (Å²) in [5.41, 5.74) is 0.567. The van der Waals surface area contributed by atoms with Crippen LogP contribution in [-0.2, 0) is 16.1 Å². The molecule has 2 N–H and O–H groups in total. The maximum Gasteiger partial charge on any atom is 0.387 e. The van der Waals surface area contributed by atoms with Crippen LogP contribution in [0.1, 0.15) is 5.56 Å². The van der Waals surface area contributed by atoms with E-state index in [1.165, 1.54) is 6.07 Å². The van der Waals surface area contributed by atoms with Gasteiger partial charge in [-0.2, -0.15) is 8.78 Å². The molecule has 0 aliphatic carbocycles. The Morgan fingerprint density at radius 2 is 2.10 bits per heavy atom. The Morgan fingerprint density at radius 3 is 2.80 bits per heavy atom. The highest BCUT2D eigenvalue weighted by molar-refractivity contribution is 5.77. The largest absolute Gasteiger partial charge is 0.434 e. The molecule has 0 unspecified atom stereocenters. The fourth-order valence-electron chi connectivity index (χ4n) is 1.53. The minimum atomic E-state index is -2.87. The van der Waals surface area contributed by atoms with Crippen LogP contribution in [0.5, 0.6) is 5.75 Å². The van der Waals surface area contributed by atoms with E-state index in [9.17, 15) is 13.6 Å². The van der Waals surface area contributed by atoms with Crippen molar-refractivity contribution in [1.82, 2.24) is 10.6 Å². The predicted octanol–water partition coefficient (Wildman–Crippen LogP) is 1.14. The van der Waals surface area contributed by atoms with Crippen LogP contribution in [0.25, 0.3) is 0 Å². The van der Waals surface area contributed by atoms with Gasteiger partial charge in [0.15, 0.2) is 0 Å². The first-order valence-electron chi connectivity index (χ1n) is 6.12. The number of carbonyl (C=O) groups excluding carboxylic acids is 1. The smallest absolute Gasteiger partial charge is 0.387 e. The number of carbonyl (C=O) groups is 1. The standard InChI is InChI=1S/C13H18F2N2O3/c1-19-7-6-17-12(18)9-16-8-10-4-2-3-5-11(10)20-13(14)15/h2-5,13,16H,6-9H2,1H3,(H,17,18). The SMILES string of the molecule is COCCNC(=O)CNCc1ccccc1OC(F)F. The first kappa shape index (κ1) is 16.3. The van der Waals surface area contributed by atoms with Crippen molar-refractivity contribution in [1.29, 1.82) is 0 Å². The number of nitrogens with one attached hydrogen (secondary N) is 2. The summed E-state index contributed by atoms with van der Waals surface area (Å²) in [7, 11) is 1.55. The molecule has 0 aliphatic rings. The van der Waals surface area contributed by atoms with E-state index in [1.807, 2.05) is 0 Å². The minimum absolute atomic E-state index is 0.0900. The van der Waals surface area contributed by atoms with Crippen LogP contribution in [0.3, 0.4) is 0 Å². The summed E-state index contributed by atoms with van der Waals surface area (Å²) in [5.74, 6) is -0.0795. The van der Waals surface area contributed by atoms with Crippen molar-refractivity contribution in [3.05, 3.63) is 29.8 Å². The van der Waals surface area contributed by atoms with E-state index in [0.717, 1.165) is 0 Å². The summed E-state index contributed by atoms with van der Waals surface area (Å²) in [6, 6.07) is 6.45. The van der Waals surface area contributed by atoms with Gasteiger partial charge in [-0.1, -0.05) is 18.2 Å². The molecule has 1 amide bonds. The fraction of sp³-hybridized carbons (Fsp3) is 0.462. The first-order chi connectivity index (χ1) is 9.63. The summed E-state index contributed by atoms with van der Waals surface area (Å²) >= 11 is 0. The number of alkyl halides is 2. The molecule has 0 saturated carbocycles. The summed E-state index contributed by atoms with van der Waals surface area (Å²) in [6.07, 6.45) is 0. The summed E-state index contributed by atoms with van der Waals surface area (Å²) < 4.78 is 33.6. The van der Waals surface area contributed by atoms with E-state index < -0.39 is 6.61 Å². The lowest BCUT2D eigenvalue weighted by atomic mass is 10.2. The van der Waals surface area contributed by atoms with E-state index in [-0.39, 0.29) is 24.7 Å². The summed E-state index contributed by atoms with van der Waals surface area (Å²) in [6.45, 7) is -1.64. The molecule has 1 aromatic rings. The predicted molar refractivity (Wildman–Crippen MR) is 69.7 cm³/mol. The molecule has 1 aromatic carbocycles. The number of methoxy groups -OCH3 is 1. The molecule has 0 spiro atoms. The molecule has 0 aliphatic heterocycles. The van der Waals surface area contributed by atoms with Crippen LogP contribution in [-0.4, -0.2) is 39.3 Å². The quantitative estimate of drug-likeness (QED) is 0.669. The van der Waals surface area contributed by atoms with Crippen LogP contribution in [0.2, 0.25) is 0 Å². The number of para-hydroxylation sites is 1. The van der Waals surface area contributed by atoms with Gasteiger partial charge in [-0.15, -0.1) is 0 Å². The maximum absolute atomic E-state index is 12.2. The Morgan fingerprint density at radius 1 is 1.35 bits per heavy atom. The third-order valence-corrected chi connectivity index (χ3v) is 2.42. The number of halogens is 2. The molecule has 0 bridgehead atoms. The van der Waals surface area contributed by atoms with E-state index in [1.54, 1.807) is 25.3 Å². The van der Waals surface area contributed by atoms with Gasteiger partial charge < -0.3 is 20.1 Å². The van der Waals surface area contributed by atoms with Gasteiger partial charge in [-0.25, -0.2) is 0 Å². The first-order valence-corrected chi connectivity index (χ1v) is 6.12. The second-order valence-corrected chi connectivity index (χ2v) is 3.93. The van der Waals surface area contributed by atoms with Gasteiger partial charge >= 0.3 is 6.61 Å². The lowest BCUT2D eigenvalue weighted by Gasteiger charge is -2.11. The van der Waals surface area contributed by atoms with Crippen molar-refractivity contribution in [2.24, 2.45) is 0 Å². The van der Waals surface area contributed by atoms with E-state index in [4.69, 9.17) is 4.74 Å². The normalized spacial score (nSPS) is 10.6. The maximum atomic E-state index is 12.2. The third kappa shape index (κ3) is 6.44. The average molecular weight is 288 g/mol. The van der Waals surface area contributed by atoms with Crippen LogP contribution in [0, 0.1) is 0 Å². The lowest BCUT2D eigenvalue weighted by Crippen LogP contribution is -2.35. The van der Waals surface area contributed by atoms with Gasteiger partial charge in [0, 0.05) is 25.8 Å². The van der Waals surface area contributed by atoms with Crippen molar-refractivity contribution in [2.45, 2.75) is 13.2 Å². The fourth-order valence-corrected chi connectivity index (χ4v) is 1.53. The molecular formula is C13H18F2N2O3.